The molecule has 3 aromatic carbocycles. The number of aromatic hydroxyl groups is 2. The average molecular weight is 479 g/mol. The summed E-state index contributed by atoms with van der Waals surface area (Å²) in [5.41, 5.74) is 4.90. The first-order valence-corrected chi connectivity index (χ1v) is 11.2. The van der Waals surface area contributed by atoms with Crippen molar-refractivity contribution in [2.75, 3.05) is 0 Å². The highest BCUT2D eigenvalue weighted by Gasteiger charge is 2.19. The van der Waals surface area contributed by atoms with E-state index in [0.717, 1.165) is 16.8 Å². The van der Waals surface area contributed by atoms with Crippen molar-refractivity contribution >= 4 is 28.4 Å². The number of carboxylic acid groups (broad SMARTS) is 1. The highest BCUT2D eigenvalue weighted by Crippen LogP contribution is 2.43. The summed E-state index contributed by atoms with van der Waals surface area (Å²) in [6.45, 7) is 4.01. The zero-order chi connectivity index (χ0) is 25.4. The molecular weight excluding hydrogens is 456 g/mol. The molecule has 3 N–H and O–H groups in total. The van der Waals surface area contributed by atoms with Crippen LogP contribution in [0.4, 0.5) is 11.4 Å². The molecule has 0 aliphatic rings. The van der Waals surface area contributed by atoms with Crippen molar-refractivity contribution in [3.63, 3.8) is 0 Å². The molecule has 8 heteroatoms. The maximum atomic E-state index is 11.3. The number of aromatic carboxylic acids is 1. The van der Waals surface area contributed by atoms with Crippen molar-refractivity contribution in [2.45, 2.75) is 13.8 Å². The van der Waals surface area contributed by atoms with E-state index in [0.29, 0.717) is 22.2 Å². The normalized spacial score (nSPS) is 11.4. The zero-order valence-corrected chi connectivity index (χ0v) is 19.5. The van der Waals surface area contributed by atoms with Crippen LogP contribution in [-0.2, 0) is 0 Å². The van der Waals surface area contributed by atoms with Gasteiger partial charge in [-0.15, -0.1) is 10.2 Å². The summed E-state index contributed by atoms with van der Waals surface area (Å²) in [4.78, 5) is 15.8. The van der Waals surface area contributed by atoms with E-state index in [-0.39, 0.29) is 28.6 Å². The van der Waals surface area contributed by atoms with Gasteiger partial charge in [0.25, 0.3) is 0 Å². The van der Waals surface area contributed by atoms with Crippen LogP contribution in [0.2, 0.25) is 0 Å². The van der Waals surface area contributed by atoms with Crippen LogP contribution in [0.25, 0.3) is 27.8 Å². The lowest BCUT2D eigenvalue weighted by atomic mass is 10.0. The Morgan fingerprint density at radius 2 is 1.69 bits per heavy atom. The van der Waals surface area contributed by atoms with Crippen molar-refractivity contribution < 1.29 is 20.1 Å². The number of para-hydroxylation sites is 1. The van der Waals surface area contributed by atoms with E-state index in [1.54, 1.807) is 53.2 Å². The molecule has 0 spiro atoms. The summed E-state index contributed by atoms with van der Waals surface area (Å²) in [6.07, 6.45) is 1.64. The maximum Gasteiger partial charge on any atom is 0.335 e. The number of nitrogens with zero attached hydrogens (tertiary/aromatic N) is 4. The molecule has 36 heavy (non-hydrogen) atoms. The molecule has 0 atom stereocenters. The van der Waals surface area contributed by atoms with Crippen molar-refractivity contribution in [1.29, 1.82) is 0 Å². The molecule has 178 valence electrons. The highest BCUT2D eigenvalue weighted by atomic mass is 16.4. The van der Waals surface area contributed by atoms with E-state index in [2.05, 4.69) is 15.2 Å². The standard InChI is InChI=1S/C28H22N4O4/c1-16-11-12-20(14-17(16)2)32-26-22(9-5-13-29-26)24(27(32)34)31-30-23-10-4-8-21(25(23)33)18-6-3-7-19(15-18)28(35)36/h3-15,33-34H,1-2H3,(H,35,36). The van der Waals surface area contributed by atoms with Gasteiger partial charge in [-0.3, -0.25) is 4.57 Å². The fourth-order valence-corrected chi connectivity index (χ4v) is 4.06. The molecule has 0 aliphatic carbocycles. The molecule has 2 heterocycles. The van der Waals surface area contributed by atoms with Crippen molar-refractivity contribution in [3.05, 3.63) is 95.7 Å². The lowest BCUT2D eigenvalue weighted by molar-refractivity contribution is 0.0697. The van der Waals surface area contributed by atoms with E-state index in [9.17, 15) is 20.1 Å². The van der Waals surface area contributed by atoms with E-state index < -0.39 is 5.97 Å². The summed E-state index contributed by atoms with van der Waals surface area (Å²) in [5.74, 6) is -1.34. The predicted octanol–water partition coefficient (Wildman–Crippen LogP) is 6.83. The summed E-state index contributed by atoms with van der Waals surface area (Å²) in [5, 5.41) is 40.4. The van der Waals surface area contributed by atoms with Crippen LogP contribution >= 0.6 is 0 Å². The number of benzene rings is 3. The number of aromatic nitrogens is 2. The van der Waals surface area contributed by atoms with Crippen LogP contribution in [0, 0.1) is 13.8 Å². The van der Waals surface area contributed by atoms with Gasteiger partial charge in [-0.25, -0.2) is 9.78 Å². The van der Waals surface area contributed by atoms with Gasteiger partial charge in [0, 0.05) is 11.8 Å². The minimum atomic E-state index is -1.06. The van der Waals surface area contributed by atoms with Gasteiger partial charge < -0.3 is 15.3 Å². The Labute approximate surface area is 206 Å². The zero-order valence-electron chi connectivity index (χ0n) is 19.5. The van der Waals surface area contributed by atoms with Gasteiger partial charge in [0.15, 0.2) is 11.4 Å². The minimum Gasteiger partial charge on any atom is -0.505 e. The Bertz CT molecular complexity index is 1670. The Kier molecular flexibility index (Phi) is 5.69. The number of pyridine rings is 1. The van der Waals surface area contributed by atoms with Gasteiger partial charge in [0.2, 0.25) is 5.88 Å². The van der Waals surface area contributed by atoms with Gasteiger partial charge in [-0.1, -0.05) is 30.3 Å². The van der Waals surface area contributed by atoms with E-state index in [4.69, 9.17) is 0 Å². The largest absolute Gasteiger partial charge is 0.505 e. The van der Waals surface area contributed by atoms with Crippen LogP contribution < -0.4 is 0 Å². The van der Waals surface area contributed by atoms with Crippen LogP contribution in [-0.4, -0.2) is 30.8 Å². The molecule has 0 bridgehead atoms. The van der Waals surface area contributed by atoms with E-state index >= 15 is 0 Å². The second-order valence-electron chi connectivity index (χ2n) is 8.41. The molecule has 8 nitrogen and oxygen atoms in total. The first kappa shape index (κ1) is 22.8. The third-order valence-electron chi connectivity index (χ3n) is 6.12. The van der Waals surface area contributed by atoms with Gasteiger partial charge in [-0.2, -0.15) is 0 Å². The molecule has 0 unspecified atom stereocenters. The molecule has 2 aromatic heterocycles. The summed E-state index contributed by atoms with van der Waals surface area (Å²) in [6, 6.07) is 20.6. The number of hydrogen-bond acceptors (Lipinski definition) is 6. The van der Waals surface area contributed by atoms with Gasteiger partial charge in [-0.05, 0) is 73.0 Å². The molecule has 5 aromatic rings. The molecule has 5 rings (SSSR count). The molecule has 0 radical (unpaired) electrons. The average Bonchev–Trinajstić information content (AvgIpc) is 3.16. The van der Waals surface area contributed by atoms with Crippen LogP contribution in [0.5, 0.6) is 11.6 Å². The predicted molar refractivity (Wildman–Crippen MR) is 137 cm³/mol. The van der Waals surface area contributed by atoms with Gasteiger partial charge >= 0.3 is 5.97 Å². The Hall–Kier alpha value is -4.98. The summed E-state index contributed by atoms with van der Waals surface area (Å²) < 4.78 is 1.61. The maximum absolute atomic E-state index is 11.3. The van der Waals surface area contributed by atoms with E-state index in [1.807, 2.05) is 32.0 Å². The fraction of sp³-hybridized carbons (Fsp3) is 0.0714. The number of fused-ring (bicyclic) bond motifs is 1. The van der Waals surface area contributed by atoms with Crippen molar-refractivity contribution in [3.8, 4) is 28.4 Å². The van der Waals surface area contributed by atoms with Crippen molar-refractivity contribution in [2.24, 2.45) is 10.2 Å². The fourth-order valence-electron chi connectivity index (χ4n) is 4.06. The lowest BCUT2D eigenvalue weighted by Gasteiger charge is -2.09. The summed E-state index contributed by atoms with van der Waals surface area (Å²) in [7, 11) is 0. The van der Waals surface area contributed by atoms with E-state index in [1.165, 1.54) is 12.1 Å². The number of azo groups is 1. The number of aryl methyl sites for hydroxylation is 2. The summed E-state index contributed by atoms with van der Waals surface area (Å²) >= 11 is 0. The third kappa shape index (κ3) is 3.94. The number of phenolic OH excluding ortho intramolecular Hbond substituents is 1. The molecule has 0 fully saturated rings. The number of phenols is 1. The monoisotopic (exact) mass is 478 g/mol. The topological polar surface area (TPSA) is 120 Å². The quantitative estimate of drug-likeness (QED) is 0.239. The molecule has 0 aliphatic heterocycles. The Balaban J connectivity index is 1.60. The number of hydrogen-bond donors (Lipinski definition) is 3. The molecule has 0 saturated carbocycles. The molecule has 0 saturated heterocycles. The second kappa shape index (κ2) is 8.99. The van der Waals surface area contributed by atoms with Gasteiger partial charge in [0.1, 0.15) is 11.3 Å². The first-order chi connectivity index (χ1) is 17.3. The minimum absolute atomic E-state index is 0.107. The number of rotatable bonds is 5. The molecular formula is C28H22N4O4. The SMILES string of the molecule is Cc1ccc(-n2c(O)c(N=Nc3cccc(-c4cccc(C(=O)O)c4)c3O)c3cccnc32)cc1C. The highest BCUT2D eigenvalue weighted by molar-refractivity contribution is 5.94. The van der Waals surface area contributed by atoms with Gasteiger partial charge in [0.05, 0.1) is 16.6 Å². The first-order valence-electron chi connectivity index (χ1n) is 11.2. The number of carboxylic acids is 1. The smallest absolute Gasteiger partial charge is 0.335 e. The molecule has 0 amide bonds. The lowest BCUT2D eigenvalue weighted by Crippen LogP contribution is -1.96. The van der Waals surface area contributed by atoms with Crippen LogP contribution in [0.3, 0.4) is 0 Å². The van der Waals surface area contributed by atoms with Crippen LogP contribution in [0.15, 0.2) is 89.2 Å². The number of carbonyl (C=O) groups is 1. The Morgan fingerprint density at radius 3 is 2.47 bits per heavy atom. The Morgan fingerprint density at radius 1 is 0.889 bits per heavy atom. The second-order valence-corrected chi connectivity index (χ2v) is 8.41. The van der Waals surface area contributed by atoms with Crippen molar-refractivity contribution in [1.82, 2.24) is 9.55 Å². The third-order valence-corrected chi connectivity index (χ3v) is 6.12. The van der Waals surface area contributed by atoms with Crippen LogP contribution in [0.1, 0.15) is 21.5 Å².